The number of nitrogens with one attached hydrogen (secondary N) is 2. The number of carbonyl (C=O) groups excluding carboxylic acids is 1. The van der Waals surface area contributed by atoms with Crippen molar-refractivity contribution < 1.29 is 4.79 Å². The summed E-state index contributed by atoms with van der Waals surface area (Å²) in [7, 11) is 0. The van der Waals surface area contributed by atoms with Crippen molar-refractivity contribution in [3.63, 3.8) is 0 Å². The van der Waals surface area contributed by atoms with Crippen molar-refractivity contribution in [2.45, 2.75) is 39.2 Å². The minimum absolute atomic E-state index is 0.0845. The van der Waals surface area contributed by atoms with Crippen LogP contribution in [-0.2, 0) is 11.3 Å². The van der Waals surface area contributed by atoms with Crippen molar-refractivity contribution in [2.75, 3.05) is 0 Å². The van der Waals surface area contributed by atoms with Crippen LogP contribution < -0.4 is 5.32 Å². The van der Waals surface area contributed by atoms with E-state index >= 15 is 0 Å². The number of H-pyrrole nitrogens is 1. The molecule has 2 aromatic rings. The van der Waals surface area contributed by atoms with Crippen LogP contribution in [0.3, 0.4) is 0 Å². The SMILES string of the molecule is CC[C@H](CC(=O)NCc1cn[nH]c1C)c1ccccc1. The van der Waals surface area contributed by atoms with E-state index < -0.39 is 0 Å². The molecule has 0 unspecified atom stereocenters. The number of aromatic nitrogens is 2. The van der Waals surface area contributed by atoms with Crippen LogP contribution in [0.5, 0.6) is 0 Å². The molecule has 0 aliphatic carbocycles. The Balaban J connectivity index is 1.88. The lowest BCUT2D eigenvalue weighted by Crippen LogP contribution is -2.24. The summed E-state index contributed by atoms with van der Waals surface area (Å²) in [5, 5.41) is 9.78. The summed E-state index contributed by atoms with van der Waals surface area (Å²) in [6.45, 7) is 4.60. The first-order valence-electron chi connectivity index (χ1n) is 7.01. The largest absolute Gasteiger partial charge is 0.352 e. The van der Waals surface area contributed by atoms with Crippen LogP contribution in [-0.4, -0.2) is 16.1 Å². The number of carbonyl (C=O) groups is 1. The number of benzene rings is 1. The van der Waals surface area contributed by atoms with Gasteiger partial charge in [-0.2, -0.15) is 5.10 Å². The Bertz CT molecular complexity index is 548. The van der Waals surface area contributed by atoms with Gasteiger partial charge >= 0.3 is 0 Å². The van der Waals surface area contributed by atoms with Gasteiger partial charge < -0.3 is 5.32 Å². The van der Waals surface area contributed by atoms with Crippen molar-refractivity contribution in [1.82, 2.24) is 15.5 Å². The Hall–Kier alpha value is -2.10. The van der Waals surface area contributed by atoms with Gasteiger partial charge in [0.25, 0.3) is 0 Å². The van der Waals surface area contributed by atoms with E-state index in [0.717, 1.165) is 17.7 Å². The number of amides is 1. The van der Waals surface area contributed by atoms with E-state index in [1.54, 1.807) is 6.20 Å². The van der Waals surface area contributed by atoms with Crippen molar-refractivity contribution in [3.8, 4) is 0 Å². The van der Waals surface area contributed by atoms with Gasteiger partial charge in [-0.05, 0) is 24.8 Å². The van der Waals surface area contributed by atoms with Gasteiger partial charge in [0.1, 0.15) is 0 Å². The predicted molar refractivity (Wildman–Crippen MR) is 79.3 cm³/mol. The Morgan fingerprint density at radius 3 is 2.70 bits per heavy atom. The summed E-state index contributed by atoms with van der Waals surface area (Å²) in [6.07, 6.45) is 3.24. The van der Waals surface area contributed by atoms with E-state index in [0.29, 0.717) is 13.0 Å². The fraction of sp³-hybridized carbons (Fsp3) is 0.375. The number of hydrogen-bond donors (Lipinski definition) is 2. The Morgan fingerprint density at radius 2 is 2.10 bits per heavy atom. The molecule has 0 fully saturated rings. The monoisotopic (exact) mass is 271 g/mol. The van der Waals surface area contributed by atoms with Crippen molar-refractivity contribution >= 4 is 5.91 Å². The number of aromatic amines is 1. The summed E-state index contributed by atoms with van der Waals surface area (Å²) in [5.41, 5.74) is 3.26. The summed E-state index contributed by atoms with van der Waals surface area (Å²) in [4.78, 5) is 12.1. The zero-order chi connectivity index (χ0) is 14.4. The molecule has 1 atom stereocenters. The van der Waals surface area contributed by atoms with Crippen molar-refractivity contribution in [1.29, 1.82) is 0 Å². The van der Waals surface area contributed by atoms with Crippen LogP contribution in [0.15, 0.2) is 36.5 Å². The number of nitrogens with zero attached hydrogens (tertiary/aromatic N) is 1. The van der Waals surface area contributed by atoms with E-state index in [-0.39, 0.29) is 11.8 Å². The van der Waals surface area contributed by atoms with Gasteiger partial charge in [-0.25, -0.2) is 0 Å². The minimum atomic E-state index is 0.0845. The van der Waals surface area contributed by atoms with E-state index in [9.17, 15) is 4.79 Å². The van der Waals surface area contributed by atoms with Gasteiger partial charge in [0.2, 0.25) is 5.91 Å². The molecule has 106 valence electrons. The minimum Gasteiger partial charge on any atom is -0.352 e. The van der Waals surface area contributed by atoms with E-state index in [4.69, 9.17) is 0 Å². The zero-order valence-corrected chi connectivity index (χ0v) is 12.0. The summed E-state index contributed by atoms with van der Waals surface area (Å²) < 4.78 is 0. The summed E-state index contributed by atoms with van der Waals surface area (Å²) in [5.74, 6) is 0.364. The predicted octanol–water partition coefficient (Wildman–Crippen LogP) is 2.92. The van der Waals surface area contributed by atoms with Gasteiger partial charge in [0.05, 0.1) is 6.20 Å². The maximum absolute atomic E-state index is 12.1. The first-order valence-corrected chi connectivity index (χ1v) is 7.01. The summed E-state index contributed by atoms with van der Waals surface area (Å²) in [6, 6.07) is 10.2. The lowest BCUT2D eigenvalue weighted by molar-refractivity contribution is -0.121. The van der Waals surface area contributed by atoms with Gasteiger partial charge in [-0.3, -0.25) is 9.89 Å². The van der Waals surface area contributed by atoms with Crippen LogP contribution in [0.2, 0.25) is 0 Å². The molecule has 2 N–H and O–H groups in total. The first-order chi connectivity index (χ1) is 9.70. The normalized spacial score (nSPS) is 12.1. The highest BCUT2D eigenvalue weighted by atomic mass is 16.1. The molecule has 4 heteroatoms. The summed E-state index contributed by atoms with van der Waals surface area (Å²) >= 11 is 0. The highest BCUT2D eigenvalue weighted by molar-refractivity contribution is 5.76. The third kappa shape index (κ3) is 3.70. The maximum Gasteiger partial charge on any atom is 0.220 e. The lowest BCUT2D eigenvalue weighted by atomic mass is 9.93. The maximum atomic E-state index is 12.1. The van der Waals surface area contributed by atoms with Crippen LogP contribution in [0.4, 0.5) is 0 Å². The molecule has 0 spiro atoms. The number of hydrogen-bond acceptors (Lipinski definition) is 2. The average molecular weight is 271 g/mol. The highest BCUT2D eigenvalue weighted by Gasteiger charge is 2.14. The third-order valence-corrected chi connectivity index (χ3v) is 3.61. The molecule has 0 saturated carbocycles. The molecule has 4 nitrogen and oxygen atoms in total. The Morgan fingerprint density at radius 1 is 1.35 bits per heavy atom. The molecule has 0 bridgehead atoms. The molecular formula is C16H21N3O. The molecule has 2 rings (SSSR count). The van der Waals surface area contributed by atoms with Gasteiger partial charge in [-0.15, -0.1) is 0 Å². The van der Waals surface area contributed by atoms with Gasteiger partial charge in [0, 0.05) is 24.2 Å². The molecule has 0 aliphatic heterocycles. The number of rotatable bonds is 6. The van der Waals surface area contributed by atoms with Gasteiger partial charge in [-0.1, -0.05) is 37.3 Å². The fourth-order valence-corrected chi connectivity index (χ4v) is 2.27. The zero-order valence-electron chi connectivity index (χ0n) is 12.0. The molecule has 0 aliphatic rings. The van der Waals surface area contributed by atoms with Crippen LogP contribution in [0, 0.1) is 6.92 Å². The molecule has 20 heavy (non-hydrogen) atoms. The van der Waals surface area contributed by atoms with Crippen molar-refractivity contribution in [2.24, 2.45) is 0 Å². The molecule has 1 aromatic carbocycles. The topological polar surface area (TPSA) is 57.8 Å². The second-order valence-corrected chi connectivity index (χ2v) is 5.02. The van der Waals surface area contributed by atoms with Crippen molar-refractivity contribution in [3.05, 3.63) is 53.3 Å². The lowest BCUT2D eigenvalue weighted by Gasteiger charge is -2.15. The molecule has 1 amide bonds. The molecule has 0 saturated heterocycles. The van der Waals surface area contributed by atoms with E-state index in [1.807, 2.05) is 25.1 Å². The second-order valence-electron chi connectivity index (χ2n) is 5.02. The molecule has 1 aromatic heterocycles. The van der Waals surface area contributed by atoms with Crippen LogP contribution >= 0.6 is 0 Å². The Kier molecular flexibility index (Phi) is 4.93. The molecule has 1 heterocycles. The first kappa shape index (κ1) is 14.3. The average Bonchev–Trinajstić information content (AvgIpc) is 2.89. The number of aryl methyl sites for hydroxylation is 1. The van der Waals surface area contributed by atoms with E-state index in [2.05, 4.69) is 34.6 Å². The quantitative estimate of drug-likeness (QED) is 0.848. The van der Waals surface area contributed by atoms with E-state index in [1.165, 1.54) is 5.56 Å². The smallest absolute Gasteiger partial charge is 0.220 e. The second kappa shape index (κ2) is 6.89. The fourth-order valence-electron chi connectivity index (χ4n) is 2.27. The highest BCUT2D eigenvalue weighted by Crippen LogP contribution is 2.22. The third-order valence-electron chi connectivity index (χ3n) is 3.61. The Labute approximate surface area is 119 Å². The van der Waals surface area contributed by atoms with Gasteiger partial charge in [0.15, 0.2) is 0 Å². The standard InChI is InChI=1S/C16H21N3O/c1-3-13(14-7-5-4-6-8-14)9-16(20)17-10-15-11-18-19-12(15)2/h4-8,11,13H,3,9-10H2,1-2H3,(H,17,20)(H,18,19)/t13-/m1/s1. The molecular weight excluding hydrogens is 250 g/mol. The van der Waals surface area contributed by atoms with Crippen LogP contribution in [0.1, 0.15) is 42.5 Å². The molecule has 0 radical (unpaired) electrons. The van der Waals surface area contributed by atoms with Crippen LogP contribution in [0.25, 0.3) is 0 Å².